The van der Waals surface area contributed by atoms with Crippen molar-refractivity contribution < 1.29 is 27.9 Å². The maximum absolute atomic E-state index is 11.9. The summed E-state index contributed by atoms with van der Waals surface area (Å²) in [4.78, 5) is 21.8. The predicted molar refractivity (Wildman–Crippen MR) is 67.3 cm³/mol. The van der Waals surface area contributed by atoms with Gasteiger partial charge in [0.15, 0.2) is 0 Å². The zero-order valence-corrected chi connectivity index (χ0v) is 11.6. The summed E-state index contributed by atoms with van der Waals surface area (Å²) in [5.74, 6) is -1.31. The maximum Gasteiger partial charge on any atom is 0.390 e. The number of hydrogen-bond acceptors (Lipinski definition) is 2. The molecular formula is C12H21F3N2O3. The lowest BCUT2D eigenvalue weighted by molar-refractivity contribution is -0.141. The number of carboxylic acids is 1. The van der Waals surface area contributed by atoms with Gasteiger partial charge < -0.3 is 15.7 Å². The maximum atomic E-state index is 11.9. The Hall–Kier alpha value is -1.47. The SMILES string of the molecule is CC(CCCC(C)C(=O)O)NC(=O)NCCC(F)(F)F. The Morgan fingerprint density at radius 2 is 1.80 bits per heavy atom. The topological polar surface area (TPSA) is 78.4 Å². The van der Waals surface area contributed by atoms with Crippen molar-refractivity contribution in [1.29, 1.82) is 0 Å². The van der Waals surface area contributed by atoms with E-state index in [1.807, 2.05) is 0 Å². The van der Waals surface area contributed by atoms with Crippen LogP contribution in [-0.2, 0) is 4.79 Å². The zero-order valence-electron chi connectivity index (χ0n) is 11.6. The largest absolute Gasteiger partial charge is 0.481 e. The molecule has 0 aromatic rings. The number of urea groups is 1. The molecule has 0 aromatic carbocycles. The highest BCUT2D eigenvalue weighted by Crippen LogP contribution is 2.18. The number of carbonyl (C=O) groups excluding carboxylic acids is 1. The van der Waals surface area contributed by atoms with E-state index in [0.717, 1.165) is 0 Å². The summed E-state index contributed by atoms with van der Waals surface area (Å²) >= 11 is 0. The third kappa shape index (κ3) is 10.5. The summed E-state index contributed by atoms with van der Waals surface area (Å²) in [5.41, 5.74) is 0. The number of alkyl halides is 3. The summed E-state index contributed by atoms with van der Waals surface area (Å²) in [6.07, 6.45) is -3.66. The highest BCUT2D eigenvalue weighted by Gasteiger charge is 2.26. The molecule has 0 spiro atoms. The molecule has 2 amide bonds. The van der Waals surface area contributed by atoms with Gasteiger partial charge in [0.1, 0.15) is 0 Å². The molecule has 0 fully saturated rings. The van der Waals surface area contributed by atoms with Gasteiger partial charge in [-0.15, -0.1) is 0 Å². The van der Waals surface area contributed by atoms with Crippen molar-refractivity contribution in [3.63, 3.8) is 0 Å². The highest BCUT2D eigenvalue weighted by atomic mass is 19.4. The van der Waals surface area contributed by atoms with Gasteiger partial charge >= 0.3 is 18.2 Å². The van der Waals surface area contributed by atoms with Gasteiger partial charge in [0.25, 0.3) is 0 Å². The van der Waals surface area contributed by atoms with Gasteiger partial charge in [-0.1, -0.05) is 13.3 Å². The van der Waals surface area contributed by atoms with Crippen molar-refractivity contribution in [1.82, 2.24) is 10.6 Å². The molecule has 0 rings (SSSR count). The van der Waals surface area contributed by atoms with Crippen molar-refractivity contribution in [2.75, 3.05) is 6.54 Å². The third-order valence-corrected chi connectivity index (χ3v) is 2.77. The minimum atomic E-state index is -4.29. The van der Waals surface area contributed by atoms with Crippen LogP contribution in [0.15, 0.2) is 0 Å². The molecule has 0 radical (unpaired) electrons. The van der Waals surface area contributed by atoms with E-state index in [1.54, 1.807) is 13.8 Å². The quantitative estimate of drug-likeness (QED) is 0.644. The smallest absolute Gasteiger partial charge is 0.390 e. The number of aliphatic carboxylic acids is 1. The Balaban J connectivity index is 3.72. The van der Waals surface area contributed by atoms with E-state index in [2.05, 4.69) is 10.6 Å². The van der Waals surface area contributed by atoms with Crippen molar-refractivity contribution in [3.05, 3.63) is 0 Å². The minimum absolute atomic E-state index is 0.220. The molecule has 2 atom stereocenters. The molecule has 0 aliphatic carbocycles. The summed E-state index contributed by atoms with van der Waals surface area (Å²) in [5, 5.41) is 13.3. The summed E-state index contributed by atoms with van der Waals surface area (Å²) in [6.45, 7) is 2.86. The first-order chi connectivity index (χ1) is 9.11. The van der Waals surface area contributed by atoms with Gasteiger partial charge in [0.2, 0.25) is 0 Å². The van der Waals surface area contributed by atoms with Gasteiger partial charge in [0, 0.05) is 12.6 Å². The molecule has 0 aromatic heterocycles. The number of nitrogens with one attached hydrogen (secondary N) is 2. The van der Waals surface area contributed by atoms with Gasteiger partial charge in [-0.3, -0.25) is 4.79 Å². The Kier molecular flexibility index (Phi) is 8.02. The van der Waals surface area contributed by atoms with Crippen LogP contribution in [0.1, 0.15) is 39.5 Å². The Morgan fingerprint density at radius 3 is 2.30 bits per heavy atom. The summed E-state index contributed by atoms with van der Waals surface area (Å²) in [7, 11) is 0. The second kappa shape index (κ2) is 8.65. The van der Waals surface area contributed by atoms with E-state index >= 15 is 0 Å². The molecule has 0 aliphatic heterocycles. The average molecular weight is 298 g/mol. The predicted octanol–water partition coefficient (Wildman–Crippen LogP) is 2.52. The van der Waals surface area contributed by atoms with E-state index in [1.165, 1.54) is 0 Å². The van der Waals surface area contributed by atoms with E-state index in [9.17, 15) is 22.8 Å². The Morgan fingerprint density at radius 1 is 1.20 bits per heavy atom. The fourth-order valence-electron chi connectivity index (χ4n) is 1.52. The van der Waals surface area contributed by atoms with Crippen LogP contribution >= 0.6 is 0 Å². The van der Waals surface area contributed by atoms with E-state index in [4.69, 9.17) is 5.11 Å². The van der Waals surface area contributed by atoms with Crippen LogP contribution in [0.4, 0.5) is 18.0 Å². The highest BCUT2D eigenvalue weighted by molar-refractivity contribution is 5.74. The van der Waals surface area contributed by atoms with Crippen molar-refractivity contribution in [2.24, 2.45) is 5.92 Å². The summed E-state index contributed by atoms with van der Waals surface area (Å²) < 4.78 is 35.6. The number of hydrogen-bond donors (Lipinski definition) is 3. The Bertz CT molecular complexity index is 322. The van der Waals surface area contributed by atoms with E-state index in [-0.39, 0.29) is 6.04 Å². The standard InChI is InChI=1S/C12H21F3N2O3/c1-8(10(18)19)4-3-5-9(2)17-11(20)16-7-6-12(13,14)15/h8-9H,3-7H2,1-2H3,(H,18,19)(H2,16,17,20). The van der Waals surface area contributed by atoms with Crippen LogP contribution in [0.5, 0.6) is 0 Å². The molecule has 20 heavy (non-hydrogen) atoms. The number of halogens is 3. The lowest BCUT2D eigenvalue weighted by atomic mass is 10.0. The van der Waals surface area contributed by atoms with Crippen molar-refractivity contribution >= 4 is 12.0 Å². The fourth-order valence-corrected chi connectivity index (χ4v) is 1.52. The molecular weight excluding hydrogens is 277 g/mol. The second-order valence-electron chi connectivity index (χ2n) is 4.84. The van der Waals surface area contributed by atoms with Crippen LogP contribution in [0.3, 0.4) is 0 Å². The summed E-state index contributed by atoms with van der Waals surface area (Å²) in [6, 6.07) is -0.866. The van der Waals surface area contributed by atoms with Crippen LogP contribution in [-0.4, -0.2) is 35.9 Å². The number of carboxylic acid groups (broad SMARTS) is 1. The molecule has 3 N–H and O–H groups in total. The molecule has 2 unspecified atom stereocenters. The first-order valence-corrected chi connectivity index (χ1v) is 6.45. The van der Waals surface area contributed by atoms with Crippen LogP contribution in [0, 0.1) is 5.92 Å². The molecule has 0 saturated heterocycles. The lowest BCUT2D eigenvalue weighted by Gasteiger charge is -2.15. The first-order valence-electron chi connectivity index (χ1n) is 6.45. The molecule has 0 heterocycles. The molecule has 8 heteroatoms. The van der Waals surface area contributed by atoms with Crippen molar-refractivity contribution in [2.45, 2.75) is 51.7 Å². The monoisotopic (exact) mass is 298 g/mol. The van der Waals surface area contributed by atoms with Gasteiger partial charge in [-0.2, -0.15) is 13.2 Å². The van der Waals surface area contributed by atoms with Gasteiger partial charge in [0.05, 0.1) is 12.3 Å². The zero-order chi connectivity index (χ0) is 15.8. The molecule has 5 nitrogen and oxygen atoms in total. The fraction of sp³-hybridized carbons (Fsp3) is 0.833. The van der Waals surface area contributed by atoms with Crippen LogP contribution in [0.2, 0.25) is 0 Å². The molecule has 0 bridgehead atoms. The first kappa shape index (κ1) is 18.5. The average Bonchev–Trinajstić information content (AvgIpc) is 2.26. The van der Waals surface area contributed by atoms with Crippen LogP contribution < -0.4 is 10.6 Å². The second-order valence-corrected chi connectivity index (χ2v) is 4.84. The van der Waals surface area contributed by atoms with Gasteiger partial charge in [-0.25, -0.2) is 4.79 Å². The Labute approximate surface area is 115 Å². The number of carbonyl (C=O) groups is 2. The number of rotatable bonds is 8. The normalized spacial score (nSPS) is 14.4. The third-order valence-electron chi connectivity index (χ3n) is 2.77. The molecule has 0 aliphatic rings. The van der Waals surface area contributed by atoms with E-state index in [0.29, 0.717) is 19.3 Å². The molecule has 118 valence electrons. The minimum Gasteiger partial charge on any atom is -0.481 e. The van der Waals surface area contributed by atoms with Gasteiger partial charge in [-0.05, 0) is 19.8 Å². The molecule has 0 saturated carbocycles. The number of amides is 2. The van der Waals surface area contributed by atoms with Crippen LogP contribution in [0.25, 0.3) is 0 Å². The van der Waals surface area contributed by atoms with Crippen molar-refractivity contribution in [3.8, 4) is 0 Å². The van der Waals surface area contributed by atoms with E-state index < -0.39 is 37.1 Å². The lowest BCUT2D eigenvalue weighted by Crippen LogP contribution is -2.41.